The van der Waals surface area contributed by atoms with E-state index in [9.17, 15) is 8.42 Å². The number of oxazole rings is 1. The first-order valence-electron chi connectivity index (χ1n) is 11.3. The second-order valence-electron chi connectivity index (χ2n) is 9.13. The van der Waals surface area contributed by atoms with Gasteiger partial charge in [-0.3, -0.25) is 0 Å². The van der Waals surface area contributed by atoms with Gasteiger partial charge in [-0.25, -0.2) is 41.4 Å². The summed E-state index contributed by atoms with van der Waals surface area (Å²) < 4.78 is 66.8. The minimum absolute atomic E-state index is 0.0165. The summed E-state index contributed by atoms with van der Waals surface area (Å²) in [4.78, 5) is 16.5. The number of ether oxygens (including phenoxy) is 1. The van der Waals surface area contributed by atoms with Crippen molar-refractivity contribution in [3.05, 3.63) is 71.1 Å². The third-order valence-electron chi connectivity index (χ3n) is 6.80. The predicted molar refractivity (Wildman–Crippen MR) is 131 cm³/mol. The number of benzene rings is 1. The zero-order valence-corrected chi connectivity index (χ0v) is 21.1. The van der Waals surface area contributed by atoms with E-state index in [0.717, 1.165) is 16.4 Å². The van der Waals surface area contributed by atoms with Crippen molar-refractivity contribution in [2.75, 3.05) is 7.05 Å². The van der Waals surface area contributed by atoms with Crippen LogP contribution in [0.5, 0.6) is 5.88 Å². The SMILES string of the molecule is Cc1cnc(COc2cnc(/C(F)=C/c3ccc(F)c([C@@]4(C)N=C(N)N(C)S(=O)(=O)C45CC5)c3)cn2)o1. The number of halogens is 2. The molecule has 1 fully saturated rings. The number of sulfonamides is 1. The molecule has 2 N–H and O–H groups in total. The number of aromatic nitrogens is 3. The summed E-state index contributed by atoms with van der Waals surface area (Å²) in [6.07, 6.45) is 5.78. The molecule has 0 amide bonds. The summed E-state index contributed by atoms with van der Waals surface area (Å²) in [5.41, 5.74) is 4.65. The van der Waals surface area contributed by atoms with E-state index < -0.39 is 32.0 Å². The number of hydrogen-bond donors (Lipinski definition) is 1. The normalized spacial score (nSPS) is 22.1. The third kappa shape index (κ3) is 4.02. The first-order valence-corrected chi connectivity index (χ1v) is 12.8. The summed E-state index contributed by atoms with van der Waals surface area (Å²) in [6.45, 7) is 3.34. The van der Waals surface area contributed by atoms with Crippen molar-refractivity contribution in [2.24, 2.45) is 10.7 Å². The number of nitrogens with zero attached hydrogens (tertiary/aromatic N) is 5. The van der Waals surface area contributed by atoms with Crippen molar-refractivity contribution in [2.45, 2.75) is 43.6 Å². The second kappa shape index (κ2) is 8.61. The van der Waals surface area contributed by atoms with E-state index in [0.29, 0.717) is 24.5 Å². The van der Waals surface area contributed by atoms with Crippen LogP contribution < -0.4 is 10.5 Å². The number of aryl methyl sites for hydroxylation is 1. The molecule has 194 valence electrons. The van der Waals surface area contributed by atoms with Crippen molar-refractivity contribution in [1.29, 1.82) is 0 Å². The van der Waals surface area contributed by atoms with E-state index in [-0.39, 0.29) is 35.3 Å². The Morgan fingerprint density at radius 2 is 2.00 bits per heavy atom. The topological polar surface area (TPSA) is 137 Å². The Kier molecular flexibility index (Phi) is 5.77. The van der Waals surface area contributed by atoms with Crippen LogP contribution in [0.3, 0.4) is 0 Å². The molecule has 1 aliphatic heterocycles. The van der Waals surface area contributed by atoms with Crippen LogP contribution in [-0.4, -0.2) is 45.4 Å². The Hall–Kier alpha value is -3.87. The molecule has 2 aromatic heterocycles. The van der Waals surface area contributed by atoms with Crippen molar-refractivity contribution in [3.63, 3.8) is 0 Å². The fraction of sp³-hybridized carbons (Fsp3) is 0.333. The van der Waals surface area contributed by atoms with E-state index in [1.54, 1.807) is 20.0 Å². The van der Waals surface area contributed by atoms with Crippen LogP contribution in [0.25, 0.3) is 11.9 Å². The van der Waals surface area contributed by atoms with Crippen LogP contribution in [0.15, 0.2) is 46.2 Å². The molecule has 3 aromatic rings. The lowest BCUT2D eigenvalue weighted by molar-refractivity contribution is 0.250. The highest BCUT2D eigenvalue weighted by Gasteiger charge is 2.70. The summed E-state index contributed by atoms with van der Waals surface area (Å²) >= 11 is 0. The molecule has 3 heterocycles. The number of rotatable bonds is 6. The molecule has 0 unspecified atom stereocenters. The molecule has 0 radical (unpaired) electrons. The molecule has 5 rings (SSSR count). The summed E-state index contributed by atoms with van der Waals surface area (Å²) in [5, 5.41) is 0. The lowest BCUT2D eigenvalue weighted by Crippen LogP contribution is -2.58. The molecule has 0 bridgehead atoms. The smallest absolute Gasteiger partial charge is 0.245 e. The molecular formula is C24H24F2N6O4S. The number of hydrogen-bond acceptors (Lipinski definition) is 9. The van der Waals surface area contributed by atoms with E-state index in [1.807, 2.05) is 0 Å². The predicted octanol–water partition coefficient (Wildman–Crippen LogP) is 3.30. The average Bonchev–Trinajstić information content (AvgIpc) is 3.60. The van der Waals surface area contributed by atoms with Gasteiger partial charge in [0.05, 0.1) is 18.6 Å². The Bertz CT molecular complexity index is 1530. The van der Waals surface area contributed by atoms with Gasteiger partial charge in [-0.05, 0) is 50.5 Å². The maximum absolute atomic E-state index is 15.1. The van der Waals surface area contributed by atoms with Gasteiger partial charge in [0.15, 0.2) is 12.4 Å². The van der Waals surface area contributed by atoms with Crippen LogP contribution in [0, 0.1) is 12.7 Å². The van der Waals surface area contributed by atoms with Gasteiger partial charge in [-0.2, -0.15) is 0 Å². The van der Waals surface area contributed by atoms with E-state index >= 15 is 8.78 Å². The van der Waals surface area contributed by atoms with Gasteiger partial charge >= 0.3 is 0 Å². The maximum atomic E-state index is 15.1. The second-order valence-corrected chi connectivity index (χ2v) is 11.4. The van der Waals surface area contributed by atoms with Crippen LogP contribution >= 0.6 is 0 Å². The first kappa shape index (κ1) is 24.8. The molecule has 13 heteroatoms. The quantitative estimate of drug-likeness (QED) is 0.513. The average molecular weight is 531 g/mol. The van der Waals surface area contributed by atoms with Crippen molar-refractivity contribution >= 4 is 27.9 Å². The molecular weight excluding hydrogens is 506 g/mol. The fourth-order valence-corrected chi connectivity index (χ4v) is 6.63. The number of guanidine groups is 1. The van der Waals surface area contributed by atoms with Gasteiger partial charge in [0.25, 0.3) is 0 Å². The highest BCUT2D eigenvalue weighted by atomic mass is 32.2. The minimum atomic E-state index is -3.87. The van der Waals surface area contributed by atoms with Gasteiger partial charge in [0, 0.05) is 12.6 Å². The summed E-state index contributed by atoms with van der Waals surface area (Å²) in [5.74, 6) is -0.465. The number of aliphatic imine (C=N–C) groups is 1. The molecule has 10 nitrogen and oxygen atoms in total. The van der Waals surface area contributed by atoms with Gasteiger partial charge in [-0.1, -0.05) is 6.07 Å². The Balaban J connectivity index is 1.41. The van der Waals surface area contributed by atoms with Crippen molar-refractivity contribution < 1.29 is 26.4 Å². The molecule has 1 atom stereocenters. The molecule has 37 heavy (non-hydrogen) atoms. The van der Waals surface area contributed by atoms with Gasteiger partial charge in [-0.15, -0.1) is 0 Å². The van der Waals surface area contributed by atoms with E-state index in [4.69, 9.17) is 14.9 Å². The maximum Gasteiger partial charge on any atom is 0.245 e. The lowest BCUT2D eigenvalue weighted by Gasteiger charge is -2.42. The largest absolute Gasteiger partial charge is 0.467 e. The van der Waals surface area contributed by atoms with E-state index in [1.165, 1.54) is 31.6 Å². The van der Waals surface area contributed by atoms with Gasteiger partial charge in [0.1, 0.15) is 27.6 Å². The third-order valence-corrected chi connectivity index (χ3v) is 9.50. The van der Waals surface area contributed by atoms with E-state index in [2.05, 4.69) is 19.9 Å². The Morgan fingerprint density at radius 1 is 1.24 bits per heavy atom. The molecule has 0 saturated heterocycles. The highest BCUT2D eigenvalue weighted by molar-refractivity contribution is 7.91. The first-order chi connectivity index (χ1) is 17.5. The molecule has 1 aliphatic carbocycles. The molecule has 2 aliphatic rings. The monoisotopic (exact) mass is 530 g/mol. The van der Waals surface area contributed by atoms with Crippen LogP contribution in [0.2, 0.25) is 0 Å². The van der Waals surface area contributed by atoms with Gasteiger partial charge < -0.3 is 14.9 Å². The number of nitrogens with two attached hydrogens (primary N) is 1. The molecule has 1 aromatic carbocycles. The zero-order valence-electron chi connectivity index (χ0n) is 20.3. The molecule has 1 saturated carbocycles. The Labute approximate surface area is 212 Å². The van der Waals surface area contributed by atoms with Crippen molar-refractivity contribution in [3.8, 4) is 5.88 Å². The van der Waals surface area contributed by atoms with Crippen LogP contribution in [0.4, 0.5) is 8.78 Å². The highest BCUT2D eigenvalue weighted by Crippen LogP contribution is 2.60. The van der Waals surface area contributed by atoms with Gasteiger partial charge in [0.2, 0.25) is 27.8 Å². The van der Waals surface area contributed by atoms with Crippen molar-refractivity contribution in [1.82, 2.24) is 19.3 Å². The fourth-order valence-electron chi connectivity index (χ4n) is 4.55. The Morgan fingerprint density at radius 3 is 2.62 bits per heavy atom. The standard InChI is InChI=1S/C24H24F2N6O4S/c1-14-10-29-21(36-14)13-35-20-12-28-19(11-30-20)18(26)9-15-4-5-17(25)16(8-15)23(2)24(6-7-24)37(33,34)32(3)22(27)31-23/h4-5,8-12H,6-7,13H2,1-3H3,(H2,27,31)/b18-9-/t23-/m1/s1. The van der Waals surface area contributed by atoms with Crippen LogP contribution in [-0.2, 0) is 22.2 Å². The molecule has 1 spiro atoms. The summed E-state index contributed by atoms with van der Waals surface area (Å²) in [7, 11) is -2.55. The lowest BCUT2D eigenvalue weighted by atomic mass is 9.85. The zero-order chi connectivity index (χ0) is 26.6. The minimum Gasteiger partial charge on any atom is -0.467 e. The van der Waals surface area contributed by atoms with Crippen LogP contribution in [0.1, 0.15) is 48.2 Å². The summed E-state index contributed by atoms with van der Waals surface area (Å²) in [6, 6.07) is 3.91.